The molecule has 147 heavy (non-hydrogen) atoms. The van der Waals surface area contributed by atoms with Crippen molar-refractivity contribution in [2.24, 2.45) is 5.92 Å². The number of hydrogen-bond donors (Lipinski definition) is 6. The highest BCUT2D eigenvalue weighted by molar-refractivity contribution is 6.31. The van der Waals surface area contributed by atoms with Crippen LogP contribution in [0.1, 0.15) is 227 Å². The number of carbonyl (C=O) groups excluding carboxylic acids is 6. The number of fused-ring (bicyclic) bond motifs is 5. The van der Waals surface area contributed by atoms with Crippen molar-refractivity contribution in [3.05, 3.63) is 359 Å². The molecule has 2 amide bonds. The first-order chi connectivity index (χ1) is 70.5. The molecule has 4 aromatic heterocycles. The highest BCUT2D eigenvalue weighted by Crippen LogP contribution is 2.42. The Labute approximate surface area is 862 Å². The van der Waals surface area contributed by atoms with Gasteiger partial charge in [-0.1, -0.05) is 151 Å². The monoisotopic (exact) mass is 2080 g/mol. The van der Waals surface area contributed by atoms with E-state index in [0.29, 0.717) is 125 Å². The summed E-state index contributed by atoms with van der Waals surface area (Å²) in [6.45, 7) is 14.0. The number of nitrogens with one attached hydrogen (secondary N) is 6. The first-order valence-corrected chi connectivity index (χ1v) is 50.5. The van der Waals surface area contributed by atoms with Gasteiger partial charge in [0.1, 0.15) is 28.6 Å². The van der Waals surface area contributed by atoms with Crippen LogP contribution < -0.4 is 46.3 Å². The Balaban J connectivity index is 0.000000133. The Morgan fingerprint density at radius 1 is 0.503 bits per heavy atom. The summed E-state index contributed by atoms with van der Waals surface area (Å²) in [6.07, 6.45) is 2.33. The summed E-state index contributed by atoms with van der Waals surface area (Å²) in [4.78, 5) is 87.3. The smallest absolute Gasteiger partial charge is 0.433 e. The van der Waals surface area contributed by atoms with Crippen molar-refractivity contribution in [3.63, 3.8) is 0 Å². The lowest BCUT2D eigenvalue weighted by atomic mass is 9.85. The molecule has 9 atom stereocenters. The Kier molecular flexibility index (Phi) is 37.3. The Morgan fingerprint density at radius 2 is 1.04 bits per heavy atom. The van der Waals surface area contributed by atoms with Crippen LogP contribution >= 0.6 is 34.8 Å². The third-order valence-corrected chi connectivity index (χ3v) is 27.4. The van der Waals surface area contributed by atoms with E-state index < -0.39 is 48.2 Å². The van der Waals surface area contributed by atoms with Crippen molar-refractivity contribution in [2.75, 3.05) is 81.1 Å². The van der Waals surface area contributed by atoms with Crippen LogP contribution in [0.4, 0.5) is 56.6 Å². The van der Waals surface area contributed by atoms with Gasteiger partial charge in [0, 0.05) is 165 Å². The predicted molar refractivity (Wildman–Crippen MR) is 548 cm³/mol. The largest absolute Gasteiger partial charge is 0.494 e. The number of benzene rings is 8. The number of morpholine rings is 2. The number of pyridine rings is 3. The van der Waals surface area contributed by atoms with E-state index in [4.69, 9.17) is 53.8 Å². The standard InChI is InChI=1S/C21H24F3N3O3.C20H21F3N2O2.C19H18ClNO2.C18H19ClN2O.C18H17F3N2O.C17H17ClN2O/c1-12(2)27-17(9-19(26-27)29-11-21(22,23)24)18(28)7-13-3-5-14(6-4-13)20-16-8-15(30-20)10-25-16;1-2-27-16-7-5-6-15(13-16)24-19(26)14-8-9-18(25-10-3-4-11-25)17(12-14)20(21,22)23;20-15-7-5-13(6-8-15)18(22)9-12-1-3-14(4-2-12)19-17-10-16(23-19)11-21-17;19-16-5-6-17(21-12-16)10-18(22)9-13-1-3-14(4-2-13)15-7-8-20-11-15;1-11-2-3-13-9-15(5-4-12(13)8-11)23-17(24)14-6-7-22-16(10-14)18(19,20)21;18-15-5-6-16(20-11-15)17(21)9-12-1-3-13(4-2-12)14-7-8-19-10-14/h3-6,9,12,15-16,20,25H,7-8,10-11H2,1-2H3;5-9,12-13H,2-4,10-11H2,1H3,(H,24,26);1-8,16-17,19,21H,9-11H2;1-6,12,15,20H,7-11H2;4-7,9-11H,2-3,8H2,1H3,(H,23,24);1-6,11,14,19H,7-10H2/t15?,16-,20?;;16?,17-,19?;;;/m0.0.../s1. The second-order valence-corrected chi connectivity index (χ2v) is 39.4. The molecule has 11 heterocycles. The highest BCUT2D eigenvalue weighted by Gasteiger charge is 2.44. The number of hydrogen-bond acceptors (Lipinski definition) is 19. The molecule has 7 fully saturated rings. The Morgan fingerprint density at radius 3 is 1.55 bits per heavy atom. The lowest BCUT2D eigenvalue weighted by molar-refractivity contribution is -0.154. The number of amides is 2. The number of ether oxygens (including phenoxy) is 4. The molecule has 772 valence electrons. The quantitative estimate of drug-likeness (QED) is 0.0206. The number of rotatable bonds is 27. The number of ketones is 4. The molecule has 0 saturated carbocycles. The van der Waals surface area contributed by atoms with Crippen molar-refractivity contribution in [1.29, 1.82) is 0 Å². The van der Waals surface area contributed by atoms with E-state index in [1.807, 2.05) is 67.6 Å². The van der Waals surface area contributed by atoms with Crippen molar-refractivity contribution < 1.29 is 87.2 Å². The zero-order chi connectivity index (χ0) is 104. The fraction of sp³-hybridized carbons (Fsp3) is 0.363. The highest BCUT2D eigenvalue weighted by atomic mass is 35.5. The van der Waals surface area contributed by atoms with Crippen LogP contribution in [-0.2, 0) is 71.6 Å². The summed E-state index contributed by atoms with van der Waals surface area (Å²) < 4.78 is 139. The number of Topliss-reactive ketones (excluding diaryl/α,β-unsaturated/α-hetero) is 4. The summed E-state index contributed by atoms with van der Waals surface area (Å²) >= 11 is 17.4. The fourth-order valence-corrected chi connectivity index (χ4v) is 19.4. The van der Waals surface area contributed by atoms with Gasteiger partial charge >= 0.3 is 18.5 Å². The minimum Gasteiger partial charge on any atom is -0.494 e. The summed E-state index contributed by atoms with van der Waals surface area (Å²) in [5.74, 6) is 1.12. The summed E-state index contributed by atoms with van der Waals surface area (Å²) in [5.41, 5.74) is 12.7. The van der Waals surface area contributed by atoms with Crippen LogP contribution in [0.25, 0.3) is 0 Å². The zero-order valence-electron chi connectivity index (χ0n) is 81.6. The molecule has 7 saturated heterocycles. The number of alkyl halides is 9. The van der Waals surface area contributed by atoms with Gasteiger partial charge in [-0.25, -0.2) is 0 Å². The van der Waals surface area contributed by atoms with E-state index in [0.717, 1.165) is 136 Å². The zero-order valence-corrected chi connectivity index (χ0v) is 83.9. The molecule has 6 N–H and O–H groups in total. The first kappa shape index (κ1) is 109. The maximum atomic E-state index is 13.5. The lowest BCUT2D eigenvalue weighted by Crippen LogP contribution is -2.33. The molecule has 7 aliphatic heterocycles. The minimum atomic E-state index is -4.57. The van der Waals surface area contributed by atoms with Gasteiger partial charge < -0.3 is 55.7 Å². The third-order valence-electron chi connectivity index (χ3n) is 26.7. The molecule has 34 heteroatoms. The molecule has 1 aliphatic carbocycles. The van der Waals surface area contributed by atoms with Crippen LogP contribution in [-0.4, -0.2) is 156 Å². The molecular formula is C113H116Cl3F9N12O10. The number of carbonyl (C=O) groups is 6. The van der Waals surface area contributed by atoms with Gasteiger partial charge in [0.2, 0.25) is 5.88 Å². The maximum absolute atomic E-state index is 13.5. The van der Waals surface area contributed by atoms with Gasteiger partial charge in [0.05, 0.1) is 46.6 Å². The van der Waals surface area contributed by atoms with E-state index >= 15 is 0 Å². The van der Waals surface area contributed by atoms with Gasteiger partial charge in [-0.05, 0) is 268 Å². The van der Waals surface area contributed by atoms with Gasteiger partial charge in [-0.2, -0.15) is 39.5 Å². The van der Waals surface area contributed by atoms with Gasteiger partial charge in [-0.15, -0.1) is 5.10 Å². The molecule has 12 aromatic rings. The average molecular weight is 2080 g/mol. The average Bonchev–Trinajstić information content (AvgIpc) is 1.29. The second kappa shape index (κ2) is 50.4. The Hall–Kier alpha value is -12.6. The van der Waals surface area contributed by atoms with Crippen LogP contribution in [0.15, 0.2) is 243 Å². The molecule has 20 rings (SSSR count). The minimum absolute atomic E-state index is 0.0157. The van der Waals surface area contributed by atoms with Gasteiger partial charge in [0.25, 0.3) is 11.8 Å². The molecule has 7 unspecified atom stereocenters. The molecule has 8 aliphatic rings. The topological polar surface area (TPSA) is 271 Å². The number of anilines is 3. The lowest BCUT2D eigenvalue weighted by Gasteiger charge is -2.23. The second-order valence-electron chi connectivity index (χ2n) is 38.1. The van der Waals surface area contributed by atoms with E-state index in [2.05, 4.69) is 107 Å². The van der Waals surface area contributed by atoms with Crippen LogP contribution in [0.2, 0.25) is 15.1 Å². The van der Waals surface area contributed by atoms with Crippen molar-refractivity contribution in [3.8, 4) is 11.6 Å². The fourth-order valence-electron chi connectivity index (χ4n) is 19.0. The summed E-state index contributed by atoms with van der Waals surface area (Å²) in [7, 11) is 0. The third kappa shape index (κ3) is 31.1. The van der Waals surface area contributed by atoms with Crippen molar-refractivity contribution in [1.82, 2.24) is 46.0 Å². The first-order valence-electron chi connectivity index (χ1n) is 49.4. The Bertz CT molecular complexity index is 6470. The van der Waals surface area contributed by atoms with Crippen molar-refractivity contribution in [2.45, 2.75) is 190 Å². The van der Waals surface area contributed by atoms with E-state index in [-0.39, 0.29) is 82.3 Å². The van der Waals surface area contributed by atoms with Gasteiger partial charge in [-0.3, -0.25) is 48.4 Å². The molecule has 22 nitrogen and oxygen atoms in total. The molecule has 4 bridgehead atoms. The van der Waals surface area contributed by atoms with Crippen LogP contribution in [0, 0.1) is 5.92 Å². The number of aromatic nitrogens is 5. The SMILES string of the molecule is CC(C)n1nc(OCC(F)(F)F)cc1C(=O)Cc1ccc(C2OC3CN[C@H]2C3)cc1.CC1CCc2cc(NC(=O)c3ccnc(C(F)(F)F)c3)ccc2C1.CCOc1cccc(NC(=O)c2ccc(N3CCCC3)c(C(F)(F)F)c2)c1.O=C(Cc1ccc(C2CCNC2)cc1)Cc1ccc(Cl)cn1.O=C(Cc1ccc(C2CCNC2)cc1)c1ccc(Cl)cn1.O=C(Cc1ccc(C2OC3CN[C@H]2C3)cc1)c1ccc(Cl)cc1. The number of aryl methyl sites for hydroxylation is 1. The molecule has 0 spiro atoms. The van der Waals surface area contributed by atoms with E-state index in [1.165, 1.54) is 75.8 Å². The van der Waals surface area contributed by atoms with E-state index in [1.54, 1.807) is 104 Å². The predicted octanol–water partition coefficient (Wildman–Crippen LogP) is 23.0. The molecular weight excluding hydrogens is 1960 g/mol. The number of nitrogens with zero attached hydrogens (tertiary/aromatic N) is 6. The summed E-state index contributed by atoms with van der Waals surface area (Å²) in [6, 6.07) is 66.7. The molecule has 8 aromatic carbocycles. The van der Waals surface area contributed by atoms with Gasteiger partial charge in [0.15, 0.2) is 24.0 Å². The van der Waals surface area contributed by atoms with E-state index in [9.17, 15) is 68.3 Å². The number of halogens is 12. The van der Waals surface area contributed by atoms with Crippen LogP contribution in [0.5, 0.6) is 11.6 Å². The normalized spacial score (nSPS) is 19.4. The van der Waals surface area contributed by atoms with Crippen molar-refractivity contribution >= 4 is 86.8 Å². The summed E-state index contributed by atoms with van der Waals surface area (Å²) in [5, 5.41) is 24.8. The molecule has 0 radical (unpaired) electrons. The maximum Gasteiger partial charge on any atom is 0.433 e. The van der Waals surface area contributed by atoms with Crippen LogP contribution in [0.3, 0.4) is 0 Å².